The first-order valence-corrected chi connectivity index (χ1v) is 9.63. The third kappa shape index (κ3) is 4.35. The summed E-state index contributed by atoms with van der Waals surface area (Å²) in [5, 5.41) is 2.84. The first kappa shape index (κ1) is 18.9. The van der Waals surface area contributed by atoms with Gasteiger partial charge in [0.25, 0.3) is 5.91 Å². The summed E-state index contributed by atoms with van der Waals surface area (Å²) in [5.41, 5.74) is 9.38. The van der Waals surface area contributed by atoms with Crippen LogP contribution in [0.25, 0.3) is 11.3 Å². The van der Waals surface area contributed by atoms with Crippen molar-refractivity contribution >= 4 is 23.2 Å². The van der Waals surface area contributed by atoms with Gasteiger partial charge in [-0.05, 0) is 37.4 Å². The van der Waals surface area contributed by atoms with Gasteiger partial charge in [0.1, 0.15) is 0 Å². The number of piperazine rings is 1. The van der Waals surface area contributed by atoms with Crippen LogP contribution in [0, 0.1) is 0 Å². The lowest BCUT2D eigenvalue weighted by atomic mass is 10.1. The van der Waals surface area contributed by atoms with Crippen molar-refractivity contribution in [2.45, 2.75) is 0 Å². The second kappa shape index (κ2) is 8.28. The number of benzene rings is 2. The van der Waals surface area contributed by atoms with E-state index in [1.807, 2.05) is 30.3 Å². The fourth-order valence-electron chi connectivity index (χ4n) is 3.27. The van der Waals surface area contributed by atoms with Gasteiger partial charge in [-0.15, -0.1) is 0 Å². The molecule has 3 N–H and O–H groups in total. The normalized spacial score (nSPS) is 14.6. The summed E-state index contributed by atoms with van der Waals surface area (Å²) in [4.78, 5) is 26.2. The third-order valence-electron chi connectivity index (χ3n) is 5.08. The molecule has 2 aromatic carbocycles. The largest absolute Gasteiger partial charge is 0.397 e. The fraction of sp³-hybridized carbons (Fsp3) is 0.227. The van der Waals surface area contributed by atoms with E-state index in [9.17, 15) is 4.79 Å². The topological polar surface area (TPSA) is 87.4 Å². The van der Waals surface area contributed by atoms with Gasteiger partial charge in [-0.25, -0.2) is 9.97 Å². The van der Waals surface area contributed by atoms with Crippen molar-refractivity contribution < 1.29 is 4.79 Å². The number of para-hydroxylation sites is 2. The van der Waals surface area contributed by atoms with E-state index in [1.165, 1.54) is 0 Å². The number of amides is 1. The average molecular weight is 388 g/mol. The van der Waals surface area contributed by atoms with Crippen molar-refractivity contribution in [3.8, 4) is 11.3 Å². The number of nitrogens with two attached hydrogens (primary N) is 1. The lowest BCUT2D eigenvalue weighted by Crippen LogP contribution is -2.45. The van der Waals surface area contributed by atoms with Gasteiger partial charge in [-0.2, -0.15) is 0 Å². The molecular formula is C22H24N6O. The Balaban J connectivity index is 1.48. The van der Waals surface area contributed by atoms with Gasteiger partial charge in [0, 0.05) is 43.5 Å². The Morgan fingerprint density at radius 1 is 1.00 bits per heavy atom. The van der Waals surface area contributed by atoms with Gasteiger partial charge in [-0.1, -0.05) is 24.3 Å². The predicted molar refractivity (Wildman–Crippen MR) is 116 cm³/mol. The number of hydrogen-bond acceptors (Lipinski definition) is 6. The zero-order chi connectivity index (χ0) is 20.2. The zero-order valence-corrected chi connectivity index (χ0v) is 16.4. The average Bonchev–Trinajstić information content (AvgIpc) is 2.76. The van der Waals surface area contributed by atoms with E-state index in [2.05, 4.69) is 27.1 Å². The van der Waals surface area contributed by atoms with E-state index >= 15 is 0 Å². The monoisotopic (exact) mass is 388 g/mol. The Hall–Kier alpha value is -3.45. The van der Waals surface area contributed by atoms with Crippen LogP contribution < -0.4 is 16.0 Å². The molecule has 148 valence electrons. The van der Waals surface area contributed by atoms with Crippen molar-refractivity contribution in [1.29, 1.82) is 0 Å². The predicted octanol–water partition coefficient (Wildman–Crippen LogP) is 2.73. The number of nitrogen functional groups attached to an aromatic ring is 1. The molecule has 3 aromatic rings. The molecule has 7 nitrogen and oxygen atoms in total. The number of carbonyl (C=O) groups is 1. The van der Waals surface area contributed by atoms with E-state index in [1.54, 1.807) is 30.5 Å². The Morgan fingerprint density at radius 3 is 2.45 bits per heavy atom. The number of nitrogens with one attached hydrogen (secondary N) is 1. The molecule has 1 saturated heterocycles. The zero-order valence-electron chi connectivity index (χ0n) is 16.4. The summed E-state index contributed by atoms with van der Waals surface area (Å²) in [6, 6.07) is 16.5. The van der Waals surface area contributed by atoms with Crippen molar-refractivity contribution in [2.24, 2.45) is 0 Å². The minimum atomic E-state index is -0.199. The Bertz CT molecular complexity index is 996. The van der Waals surface area contributed by atoms with Crippen LogP contribution in [0.5, 0.6) is 0 Å². The van der Waals surface area contributed by atoms with Crippen LogP contribution in [-0.4, -0.2) is 54.0 Å². The maximum absolute atomic E-state index is 12.5. The van der Waals surface area contributed by atoms with Gasteiger partial charge in [0.15, 0.2) is 0 Å². The van der Waals surface area contributed by atoms with E-state index in [0.717, 1.165) is 43.4 Å². The Labute approximate surface area is 170 Å². The molecule has 0 aliphatic carbocycles. The van der Waals surface area contributed by atoms with E-state index < -0.39 is 0 Å². The van der Waals surface area contributed by atoms with Crippen LogP contribution in [0.4, 0.5) is 17.3 Å². The number of rotatable bonds is 4. The van der Waals surface area contributed by atoms with Crippen LogP contribution in [0.2, 0.25) is 0 Å². The lowest BCUT2D eigenvalue weighted by molar-refractivity contribution is 0.102. The van der Waals surface area contributed by atoms with Crippen molar-refractivity contribution in [2.75, 3.05) is 49.2 Å². The van der Waals surface area contributed by atoms with E-state index in [0.29, 0.717) is 16.9 Å². The summed E-state index contributed by atoms with van der Waals surface area (Å²) in [5.74, 6) is 0.548. The number of anilines is 3. The number of likely N-dealkylation sites (N-methyl/N-ethyl adjacent to an activating group) is 1. The molecule has 0 unspecified atom stereocenters. The number of hydrogen-bond donors (Lipinski definition) is 2. The van der Waals surface area contributed by atoms with E-state index in [4.69, 9.17) is 10.7 Å². The smallest absolute Gasteiger partial charge is 0.255 e. The molecule has 7 heteroatoms. The van der Waals surface area contributed by atoms with Crippen LogP contribution in [0.3, 0.4) is 0 Å². The molecule has 0 spiro atoms. The highest BCUT2D eigenvalue weighted by molar-refractivity contribution is 6.05. The van der Waals surface area contributed by atoms with Crippen LogP contribution in [0.15, 0.2) is 60.8 Å². The fourth-order valence-corrected chi connectivity index (χ4v) is 3.27. The highest BCUT2D eigenvalue weighted by Crippen LogP contribution is 2.22. The second-order valence-electron chi connectivity index (χ2n) is 7.15. The van der Waals surface area contributed by atoms with Crippen LogP contribution in [0.1, 0.15) is 10.4 Å². The minimum absolute atomic E-state index is 0.199. The molecule has 29 heavy (non-hydrogen) atoms. The first-order valence-electron chi connectivity index (χ1n) is 9.63. The Morgan fingerprint density at radius 2 is 1.72 bits per heavy atom. The summed E-state index contributed by atoms with van der Waals surface area (Å²) in [6.07, 6.45) is 1.79. The summed E-state index contributed by atoms with van der Waals surface area (Å²) in [6.45, 7) is 3.84. The molecule has 1 aliphatic heterocycles. The van der Waals surface area contributed by atoms with Crippen molar-refractivity contribution in [1.82, 2.24) is 14.9 Å². The number of nitrogens with zero attached hydrogens (tertiary/aromatic N) is 4. The molecule has 1 aliphatic rings. The second-order valence-corrected chi connectivity index (χ2v) is 7.15. The van der Waals surface area contributed by atoms with Crippen LogP contribution in [-0.2, 0) is 0 Å². The number of carbonyl (C=O) groups excluding carboxylic acids is 1. The molecule has 0 bridgehead atoms. The van der Waals surface area contributed by atoms with Gasteiger partial charge in [-0.3, -0.25) is 4.79 Å². The van der Waals surface area contributed by atoms with Gasteiger partial charge >= 0.3 is 0 Å². The first-order chi connectivity index (χ1) is 14.1. The highest BCUT2D eigenvalue weighted by atomic mass is 16.1. The minimum Gasteiger partial charge on any atom is -0.397 e. The Kier molecular flexibility index (Phi) is 5.39. The molecule has 1 aromatic heterocycles. The summed E-state index contributed by atoms with van der Waals surface area (Å²) in [7, 11) is 2.12. The van der Waals surface area contributed by atoms with Gasteiger partial charge in [0.2, 0.25) is 5.95 Å². The molecular weight excluding hydrogens is 364 g/mol. The van der Waals surface area contributed by atoms with Crippen molar-refractivity contribution in [3.05, 3.63) is 66.4 Å². The summed E-state index contributed by atoms with van der Waals surface area (Å²) < 4.78 is 0. The van der Waals surface area contributed by atoms with E-state index in [-0.39, 0.29) is 5.91 Å². The number of aromatic nitrogens is 2. The molecule has 0 saturated carbocycles. The molecule has 1 fully saturated rings. The maximum atomic E-state index is 12.5. The molecule has 0 atom stereocenters. The third-order valence-corrected chi connectivity index (χ3v) is 5.08. The van der Waals surface area contributed by atoms with Crippen molar-refractivity contribution in [3.63, 3.8) is 0 Å². The summed E-state index contributed by atoms with van der Waals surface area (Å²) >= 11 is 0. The SMILES string of the molecule is CN1CCN(c2nccc(-c3ccc(C(=O)Nc4ccccc4N)cc3)n2)CC1. The highest BCUT2D eigenvalue weighted by Gasteiger charge is 2.17. The van der Waals surface area contributed by atoms with Gasteiger partial charge in [0.05, 0.1) is 17.1 Å². The molecule has 1 amide bonds. The molecule has 2 heterocycles. The lowest BCUT2D eigenvalue weighted by Gasteiger charge is -2.32. The molecule has 4 rings (SSSR count). The quantitative estimate of drug-likeness (QED) is 0.668. The van der Waals surface area contributed by atoms with Crippen LogP contribution >= 0.6 is 0 Å². The van der Waals surface area contributed by atoms with Gasteiger partial charge < -0.3 is 20.9 Å². The molecule has 0 radical (unpaired) electrons. The maximum Gasteiger partial charge on any atom is 0.255 e. The standard InChI is InChI=1S/C22H24N6O/c1-27-12-14-28(15-13-27)22-24-11-10-19(26-22)16-6-8-17(9-7-16)21(29)25-20-5-3-2-4-18(20)23/h2-11H,12-15,23H2,1H3,(H,25,29).